The molecule has 0 spiro atoms. The highest BCUT2D eigenvalue weighted by Gasteiger charge is 2.43. The van der Waals surface area contributed by atoms with Gasteiger partial charge in [-0.05, 0) is 56.1 Å². The van der Waals surface area contributed by atoms with E-state index in [9.17, 15) is 4.39 Å². The molecule has 0 saturated heterocycles. The lowest BCUT2D eigenvalue weighted by Crippen LogP contribution is -2.24. The van der Waals surface area contributed by atoms with Crippen molar-refractivity contribution in [2.45, 2.75) is 50.4 Å². The van der Waals surface area contributed by atoms with E-state index in [4.69, 9.17) is 10.00 Å². The summed E-state index contributed by atoms with van der Waals surface area (Å²) in [5, 5.41) is 18.3. The highest BCUT2D eigenvalue weighted by Crippen LogP contribution is 2.52. The van der Waals surface area contributed by atoms with Crippen molar-refractivity contribution in [1.82, 2.24) is 14.8 Å². The van der Waals surface area contributed by atoms with E-state index in [1.54, 1.807) is 18.2 Å². The van der Waals surface area contributed by atoms with Crippen LogP contribution in [0.5, 0.6) is 5.75 Å². The van der Waals surface area contributed by atoms with Gasteiger partial charge in [-0.1, -0.05) is 30.3 Å². The molecular formula is C20H23FN4OS. The summed E-state index contributed by atoms with van der Waals surface area (Å²) in [5.74, 6) is 3.07. The molecule has 2 bridgehead atoms. The Morgan fingerprint density at radius 2 is 2.19 bits per heavy atom. The lowest BCUT2D eigenvalue weighted by atomic mass is 9.84. The number of halogens is 1. The van der Waals surface area contributed by atoms with Crippen LogP contribution < -0.4 is 4.74 Å². The molecule has 0 radical (unpaired) electrons. The summed E-state index contributed by atoms with van der Waals surface area (Å²) in [6, 6.07) is 8.78. The third-order valence-corrected chi connectivity index (χ3v) is 6.82. The Hall–Kier alpha value is -2.07. The molecule has 5 nitrogen and oxygen atoms in total. The van der Waals surface area contributed by atoms with Crippen LogP contribution in [0.1, 0.15) is 44.5 Å². The van der Waals surface area contributed by atoms with Crippen molar-refractivity contribution in [3.05, 3.63) is 35.9 Å². The Morgan fingerprint density at radius 1 is 1.33 bits per heavy atom. The fraction of sp³-hybridized carbons (Fsp3) is 0.550. The minimum Gasteiger partial charge on any atom is -0.483 e. The summed E-state index contributed by atoms with van der Waals surface area (Å²) in [6.45, 7) is 2.38. The van der Waals surface area contributed by atoms with E-state index >= 15 is 0 Å². The third kappa shape index (κ3) is 3.68. The van der Waals surface area contributed by atoms with Crippen LogP contribution in [-0.2, 0) is 6.61 Å². The molecule has 4 rings (SSSR count). The molecule has 2 saturated carbocycles. The normalized spacial score (nSPS) is 24.7. The van der Waals surface area contributed by atoms with Gasteiger partial charge in [-0.2, -0.15) is 5.26 Å². The van der Waals surface area contributed by atoms with Gasteiger partial charge < -0.3 is 4.74 Å². The standard InChI is InChI=1S/C20H23FN4OS/c1-13(16-11-14-6-7-15(16)10-14)25-19(23-24-20(25)27-9-8-22)12-26-18-5-3-2-4-17(18)21/h2-5,13-16H,6-7,9-12H2,1H3/t13-,14+,15+,16+/m1/s1. The van der Waals surface area contributed by atoms with Gasteiger partial charge in [0.1, 0.15) is 6.61 Å². The van der Waals surface area contributed by atoms with Gasteiger partial charge in [-0.25, -0.2) is 4.39 Å². The number of nitrogens with zero attached hydrogens (tertiary/aromatic N) is 4. The summed E-state index contributed by atoms with van der Waals surface area (Å²) in [5.41, 5.74) is 0. The van der Waals surface area contributed by atoms with Crippen LogP contribution in [0.25, 0.3) is 0 Å². The van der Waals surface area contributed by atoms with Gasteiger partial charge in [-0.3, -0.25) is 4.57 Å². The maximum atomic E-state index is 13.9. The van der Waals surface area contributed by atoms with Crippen LogP contribution in [-0.4, -0.2) is 20.5 Å². The first-order valence-electron chi connectivity index (χ1n) is 9.48. The van der Waals surface area contributed by atoms with E-state index < -0.39 is 0 Å². The molecule has 2 fully saturated rings. The third-order valence-electron chi connectivity index (χ3n) is 6.01. The molecule has 0 aliphatic heterocycles. The van der Waals surface area contributed by atoms with Gasteiger partial charge in [0.15, 0.2) is 22.5 Å². The molecule has 7 heteroatoms. The SMILES string of the molecule is C[C@H]([C@@H]1C[C@H]2CC[C@H]1C2)n1c(COc2ccccc2F)nnc1SCC#N. The Balaban J connectivity index is 1.56. The predicted octanol–water partition coefficient (Wildman–Crippen LogP) is 4.61. The number of benzene rings is 1. The van der Waals surface area contributed by atoms with E-state index in [-0.39, 0.29) is 24.2 Å². The largest absolute Gasteiger partial charge is 0.483 e. The summed E-state index contributed by atoms with van der Waals surface area (Å²) < 4.78 is 21.7. The van der Waals surface area contributed by atoms with E-state index in [1.165, 1.54) is 43.5 Å². The predicted molar refractivity (Wildman–Crippen MR) is 101 cm³/mol. The first-order chi connectivity index (χ1) is 13.2. The first-order valence-corrected chi connectivity index (χ1v) is 10.5. The van der Waals surface area contributed by atoms with E-state index in [0.717, 1.165) is 17.0 Å². The number of hydrogen-bond donors (Lipinski definition) is 0. The number of hydrogen-bond acceptors (Lipinski definition) is 5. The first kappa shape index (κ1) is 18.3. The monoisotopic (exact) mass is 386 g/mol. The van der Waals surface area contributed by atoms with Gasteiger partial charge in [0.25, 0.3) is 0 Å². The maximum Gasteiger partial charge on any atom is 0.192 e. The summed E-state index contributed by atoms with van der Waals surface area (Å²) in [6.07, 6.45) is 5.25. The molecule has 0 unspecified atom stereocenters. The Labute approximate surface area is 162 Å². The lowest BCUT2D eigenvalue weighted by Gasteiger charge is -2.30. The van der Waals surface area contributed by atoms with Crippen LogP contribution >= 0.6 is 11.8 Å². The van der Waals surface area contributed by atoms with Gasteiger partial charge in [-0.15, -0.1) is 10.2 Å². The van der Waals surface area contributed by atoms with Crippen molar-refractivity contribution in [2.24, 2.45) is 17.8 Å². The Kier molecular flexibility index (Phi) is 5.35. The minimum atomic E-state index is -0.385. The Morgan fingerprint density at radius 3 is 2.89 bits per heavy atom. The van der Waals surface area contributed by atoms with Gasteiger partial charge >= 0.3 is 0 Å². The number of ether oxygens (including phenoxy) is 1. The van der Waals surface area contributed by atoms with Crippen molar-refractivity contribution in [1.29, 1.82) is 5.26 Å². The molecular weight excluding hydrogens is 363 g/mol. The highest BCUT2D eigenvalue weighted by atomic mass is 32.2. The maximum absolute atomic E-state index is 13.9. The zero-order valence-electron chi connectivity index (χ0n) is 15.3. The van der Waals surface area contributed by atoms with Crippen molar-refractivity contribution in [3.63, 3.8) is 0 Å². The van der Waals surface area contributed by atoms with Crippen molar-refractivity contribution >= 4 is 11.8 Å². The number of rotatable bonds is 7. The zero-order chi connectivity index (χ0) is 18.8. The van der Waals surface area contributed by atoms with Crippen LogP contribution in [0, 0.1) is 34.9 Å². The zero-order valence-corrected chi connectivity index (χ0v) is 16.2. The second-order valence-corrected chi connectivity index (χ2v) is 8.46. The molecule has 2 aromatic rings. The van der Waals surface area contributed by atoms with Crippen molar-refractivity contribution in [2.75, 3.05) is 5.75 Å². The second kappa shape index (κ2) is 7.89. The average Bonchev–Trinajstić information content (AvgIpc) is 3.40. The second-order valence-electron chi connectivity index (χ2n) is 7.51. The molecule has 2 aliphatic rings. The molecule has 0 N–H and O–H groups in total. The molecule has 1 aromatic carbocycles. The highest BCUT2D eigenvalue weighted by molar-refractivity contribution is 7.99. The van der Waals surface area contributed by atoms with Gasteiger partial charge in [0.05, 0.1) is 11.8 Å². The molecule has 1 aromatic heterocycles. The quantitative estimate of drug-likeness (QED) is 0.650. The summed E-state index contributed by atoms with van der Waals surface area (Å²) in [4.78, 5) is 0. The van der Waals surface area contributed by atoms with Crippen LogP contribution in [0.3, 0.4) is 0 Å². The average molecular weight is 386 g/mol. The van der Waals surface area contributed by atoms with E-state index in [1.807, 2.05) is 0 Å². The Bertz CT molecular complexity index is 849. The lowest BCUT2D eigenvalue weighted by molar-refractivity contribution is 0.215. The van der Waals surface area contributed by atoms with Crippen LogP contribution in [0.2, 0.25) is 0 Å². The minimum absolute atomic E-state index is 0.159. The fourth-order valence-electron chi connectivity index (χ4n) is 4.79. The summed E-state index contributed by atoms with van der Waals surface area (Å²) in [7, 11) is 0. The molecule has 27 heavy (non-hydrogen) atoms. The van der Waals surface area contributed by atoms with Gasteiger partial charge in [0, 0.05) is 6.04 Å². The molecule has 0 amide bonds. The van der Waals surface area contributed by atoms with Crippen LogP contribution in [0.15, 0.2) is 29.4 Å². The smallest absolute Gasteiger partial charge is 0.192 e. The fourth-order valence-corrected chi connectivity index (χ4v) is 5.49. The van der Waals surface area contributed by atoms with Crippen molar-refractivity contribution < 1.29 is 9.13 Å². The number of thioether (sulfide) groups is 1. The van der Waals surface area contributed by atoms with Crippen molar-refractivity contribution in [3.8, 4) is 11.8 Å². The van der Waals surface area contributed by atoms with Crippen LogP contribution in [0.4, 0.5) is 4.39 Å². The van der Waals surface area contributed by atoms with Gasteiger partial charge in [0.2, 0.25) is 0 Å². The number of fused-ring (bicyclic) bond motifs is 2. The number of para-hydroxylation sites is 1. The number of nitriles is 1. The van der Waals surface area contributed by atoms with E-state index in [2.05, 4.69) is 27.8 Å². The molecule has 142 valence electrons. The molecule has 1 heterocycles. The topological polar surface area (TPSA) is 63.7 Å². The molecule has 2 aliphatic carbocycles. The summed E-state index contributed by atoms with van der Waals surface area (Å²) >= 11 is 1.40. The molecule has 4 atom stereocenters. The number of aromatic nitrogens is 3. The van der Waals surface area contributed by atoms with E-state index in [0.29, 0.717) is 17.5 Å².